The number of nitrogens with one attached hydrogen (secondary N) is 1. The molecule has 20 heavy (non-hydrogen) atoms. The van der Waals surface area contributed by atoms with E-state index in [-0.39, 0.29) is 24.4 Å². The quantitative estimate of drug-likeness (QED) is 0.855. The molecule has 104 valence electrons. The molecule has 0 unspecified atom stereocenters. The predicted molar refractivity (Wildman–Crippen MR) is 67.6 cm³/mol. The molecule has 1 aliphatic rings. The highest BCUT2D eigenvalue weighted by Gasteiger charge is 2.37. The van der Waals surface area contributed by atoms with E-state index < -0.39 is 11.7 Å². The van der Waals surface area contributed by atoms with Crippen molar-refractivity contribution in [1.82, 2.24) is 4.98 Å². The second kappa shape index (κ2) is 4.40. The molecule has 1 aromatic heterocycles. The lowest BCUT2D eigenvalue weighted by atomic mass is 10.0. The van der Waals surface area contributed by atoms with Crippen molar-refractivity contribution in [2.45, 2.75) is 12.6 Å². The van der Waals surface area contributed by atoms with Gasteiger partial charge in [-0.1, -0.05) is 6.07 Å². The third kappa shape index (κ3) is 1.97. The Morgan fingerprint density at radius 3 is 2.65 bits per heavy atom. The average Bonchev–Trinajstić information content (AvgIpc) is 3.05. The van der Waals surface area contributed by atoms with Gasteiger partial charge in [-0.05, 0) is 36.2 Å². The molecule has 2 heterocycles. The summed E-state index contributed by atoms with van der Waals surface area (Å²) in [5, 5.41) is 0. The van der Waals surface area contributed by atoms with Crippen LogP contribution in [0.15, 0.2) is 36.5 Å². The highest BCUT2D eigenvalue weighted by Crippen LogP contribution is 2.39. The molecule has 2 aromatic rings. The molecule has 1 aliphatic heterocycles. The molecule has 3 rings (SSSR count). The van der Waals surface area contributed by atoms with E-state index >= 15 is 0 Å². The van der Waals surface area contributed by atoms with E-state index in [2.05, 4.69) is 4.98 Å². The number of hydrogen-bond acceptors (Lipinski definition) is 1. The molecule has 0 spiro atoms. The van der Waals surface area contributed by atoms with Gasteiger partial charge < -0.3 is 9.88 Å². The number of benzene rings is 1. The predicted octanol–water partition coefficient (Wildman–Crippen LogP) is 3.24. The lowest BCUT2D eigenvalue weighted by Gasteiger charge is -2.17. The Morgan fingerprint density at radius 2 is 2.00 bits per heavy atom. The van der Waals surface area contributed by atoms with Gasteiger partial charge >= 0.3 is 6.18 Å². The highest BCUT2D eigenvalue weighted by molar-refractivity contribution is 6.06. The number of amides is 1. The number of carbonyl (C=O) groups excluding carboxylic acids is 1. The van der Waals surface area contributed by atoms with Crippen LogP contribution < -0.4 is 4.90 Å². The zero-order valence-corrected chi connectivity index (χ0v) is 10.4. The van der Waals surface area contributed by atoms with Crippen molar-refractivity contribution in [3.8, 4) is 0 Å². The van der Waals surface area contributed by atoms with Crippen LogP contribution in [0.5, 0.6) is 0 Å². The first-order valence-corrected chi connectivity index (χ1v) is 6.13. The molecule has 0 atom stereocenters. The molecule has 1 N–H and O–H groups in total. The molecule has 0 bridgehead atoms. The topological polar surface area (TPSA) is 36.1 Å². The number of aromatic amines is 1. The van der Waals surface area contributed by atoms with Gasteiger partial charge in [-0.3, -0.25) is 4.79 Å². The number of alkyl halides is 3. The standard InChI is InChI=1S/C14H11F3N2O/c15-14(16,17)10-3-1-5-12-9(10)6-8-19(12)13(20)11-4-2-7-18-11/h1-5,7,18H,6,8H2. The van der Waals surface area contributed by atoms with Crippen molar-refractivity contribution in [3.63, 3.8) is 0 Å². The highest BCUT2D eigenvalue weighted by atomic mass is 19.4. The number of H-pyrrole nitrogens is 1. The number of fused-ring (bicyclic) bond motifs is 1. The number of carbonyl (C=O) groups is 1. The molecule has 1 amide bonds. The lowest BCUT2D eigenvalue weighted by Crippen LogP contribution is -2.29. The summed E-state index contributed by atoms with van der Waals surface area (Å²) in [5.41, 5.74) is 0.256. The first-order valence-electron chi connectivity index (χ1n) is 6.13. The van der Waals surface area contributed by atoms with Gasteiger partial charge in [0.15, 0.2) is 0 Å². The number of rotatable bonds is 1. The van der Waals surface area contributed by atoms with E-state index in [4.69, 9.17) is 0 Å². The third-order valence-electron chi connectivity index (χ3n) is 3.41. The summed E-state index contributed by atoms with van der Waals surface area (Å²) in [6, 6.07) is 7.23. The van der Waals surface area contributed by atoms with Gasteiger partial charge in [0, 0.05) is 18.4 Å². The molecule has 6 heteroatoms. The monoisotopic (exact) mass is 280 g/mol. The van der Waals surface area contributed by atoms with E-state index in [0.29, 0.717) is 11.4 Å². The maximum Gasteiger partial charge on any atom is 0.416 e. The first-order chi connectivity index (χ1) is 9.48. The van der Waals surface area contributed by atoms with Crippen LogP contribution in [-0.4, -0.2) is 17.4 Å². The van der Waals surface area contributed by atoms with Crippen LogP contribution >= 0.6 is 0 Å². The van der Waals surface area contributed by atoms with Crippen molar-refractivity contribution in [3.05, 3.63) is 53.3 Å². The Bertz CT molecular complexity index is 647. The molecule has 0 saturated heterocycles. The summed E-state index contributed by atoms with van der Waals surface area (Å²) in [5.74, 6) is -0.312. The smallest absolute Gasteiger partial charge is 0.357 e. The summed E-state index contributed by atoms with van der Waals surface area (Å²) in [7, 11) is 0. The van der Waals surface area contributed by atoms with Crippen LogP contribution in [0, 0.1) is 0 Å². The van der Waals surface area contributed by atoms with E-state index in [1.807, 2.05) is 0 Å². The molecule has 0 radical (unpaired) electrons. The molecule has 0 aliphatic carbocycles. The minimum Gasteiger partial charge on any atom is -0.357 e. The summed E-state index contributed by atoms with van der Waals surface area (Å²) >= 11 is 0. The van der Waals surface area contributed by atoms with Crippen LogP contribution in [0.1, 0.15) is 21.6 Å². The van der Waals surface area contributed by atoms with Crippen LogP contribution in [0.25, 0.3) is 0 Å². The molecular formula is C14H11F3N2O. The van der Waals surface area contributed by atoms with Crippen LogP contribution in [0.4, 0.5) is 18.9 Å². The number of nitrogens with zero attached hydrogens (tertiary/aromatic N) is 1. The minimum atomic E-state index is -4.39. The SMILES string of the molecule is O=C(c1ccc[nH]1)N1CCc2c1cccc2C(F)(F)F. The molecule has 0 saturated carbocycles. The molecular weight excluding hydrogens is 269 g/mol. The Morgan fingerprint density at radius 1 is 1.20 bits per heavy atom. The summed E-state index contributed by atoms with van der Waals surface area (Å²) < 4.78 is 38.8. The maximum atomic E-state index is 12.9. The summed E-state index contributed by atoms with van der Waals surface area (Å²) in [6.45, 7) is 0.264. The zero-order chi connectivity index (χ0) is 14.3. The van der Waals surface area contributed by atoms with Gasteiger partial charge in [0.05, 0.1) is 5.56 Å². The zero-order valence-electron chi connectivity index (χ0n) is 10.4. The fourth-order valence-corrected chi connectivity index (χ4v) is 2.52. The van der Waals surface area contributed by atoms with Crippen LogP contribution in [0.2, 0.25) is 0 Å². The Kier molecular flexibility index (Phi) is 2.81. The van der Waals surface area contributed by atoms with Crippen molar-refractivity contribution in [1.29, 1.82) is 0 Å². The summed E-state index contributed by atoms with van der Waals surface area (Å²) in [4.78, 5) is 16.4. The fourth-order valence-electron chi connectivity index (χ4n) is 2.52. The van der Waals surface area contributed by atoms with E-state index in [0.717, 1.165) is 6.07 Å². The van der Waals surface area contributed by atoms with Crippen molar-refractivity contribution < 1.29 is 18.0 Å². The molecule has 3 nitrogen and oxygen atoms in total. The van der Waals surface area contributed by atoms with Gasteiger partial charge in [0.25, 0.3) is 5.91 Å². The maximum absolute atomic E-state index is 12.9. The van der Waals surface area contributed by atoms with Crippen molar-refractivity contribution >= 4 is 11.6 Å². The fraction of sp³-hybridized carbons (Fsp3) is 0.214. The van der Waals surface area contributed by atoms with Gasteiger partial charge in [-0.25, -0.2) is 0 Å². The van der Waals surface area contributed by atoms with E-state index in [9.17, 15) is 18.0 Å². The van der Waals surface area contributed by atoms with Gasteiger partial charge in [-0.2, -0.15) is 13.2 Å². The number of anilines is 1. The summed E-state index contributed by atoms with van der Waals surface area (Å²) in [6.07, 6.45) is -2.56. The van der Waals surface area contributed by atoms with Gasteiger partial charge in [-0.15, -0.1) is 0 Å². The molecule has 1 aromatic carbocycles. The molecule has 0 fully saturated rings. The second-order valence-corrected chi connectivity index (χ2v) is 4.59. The van der Waals surface area contributed by atoms with Gasteiger partial charge in [0.1, 0.15) is 5.69 Å². The number of halogens is 3. The van der Waals surface area contributed by atoms with E-state index in [1.54, 1.807) is 24.4 Å². The largest absolute Gasteiger partial charge is 0.416 e. The average molecular weight is 280 g/mol. The van der Waals surface area contributed by atoms with Crippen LogP contribution in [-0.2, 0) is 12.6 Å². The van der Waals surface area contributed by atoms with Gasteiger partial charge in [0.2, 0.25) is 0 Å². The first kappa shape index (κ1) is 12.8. The number of aromatic nitrogens is 1. The van der Waals surface area contributed by atoms with Crippen molar-refractivity contribution in [2.24, 2.45) is 0 Å². The Labute approximate surface area is 113 Å². The minimum absolute atomic E-state index is 0.194. The van der Waals surface area contributed by atoms with Crippen LogP contribution in [0.3, 0.4) is 0 Å². The lowest BCUT2D eigenvalue weighted by molar-refractivity contribution is -0.138. The third-order valence-corrected chi connectivity index (χ3v) is 3.41. The Balaban J connectivity index is 2.01. The number of hydrogen-bond donors (Lipinski definition) is 1. The second-order valence-electron chi connectivity index (χ2n) is 4.59. The van der Waals surface area contributed by atoms with E-state index in [1.165, 1.54) is 11.0 Å². The van der Waals surface area contributed by atoms with Crippen molar-refractivity contribution in [2.75, 3.05) is 11.4 Å². The Hall–Kier alpha value is -2.24. The normalized spacial score (nSPS) is 14.4.